The molecule has 0 aliphatic carbocycles. The molecule has 1 aromatic carbocycles. The quantitative estimate of drug-likeness (QED) is 0.281. The Morgan fingerprint density at radius 2 is 1.72 bits per heavy atom. The van der Waals surface area contributed by atoms with E-state index in [2.05, 4.69) is 33.1 Å². The summed E-state index contributed by atoms with van der Waals surface area (Å²) in [7, 11) is 0. The van der Waals surface area contributed by atoms with Crippen LogP contribution in [0.3, 0.4) is 0 Å². The van der Waals surface area contributed by atoms with Crippen molar-refractivity contribution in [1.82, 2.24) is 16.0 Å². The van der Waals surface area contributed by atoms with Crippen LogP contribution in [0, 0.1) is 0 Å². The number of amides is 1. The molecule has 29 heavy (non-hydrogen) atoms. The zero-order chi connectivity index (χ0) is 21.4. The molecular formula is C22H38N4O3. The molecule has 0 aliphatic rings. The smallest absolute Gasteiger partial charge is 0.407 e. The zero-order valence-electron chi connectivity index (χ0n) is 18.4. The summed E-state index contributed by atoms with van der Waals surface area (Å²) >= 11 is 0. The highest BCUT2D eigenvalue weighted by Gasteiger charge is 2.15. The van der Waals surface area contributed by atoms with Crippen LogP contribution in [0.4, 0.5) is 4.79 Å². The van der Waals surface area contributed by atoms with Gasteiger partial charge >= 0.3 is 6.09 Å². The number of carbonyl (C=O) groups excluding carboxylic acids is 1. The predicted octanol–water partition coefficient (Wildman–Crippen LogP) is 3.45. The van der Waals surface area contributed by atoms with E-state index in [9.17, 15) is 4.79 Å². The maximum atomic E-state index is 11.6. The van der Waals surface area contributed by atoms with Crippen LogP contribution < -0.4 is 16.0 Å². The number of aliphatic imine (C=N–C) groups is 1. The molecule has 3 N–H and O–H groups in total. The third-order valence-electron chi connectivity index (χ3n) is 3.74. The number of nitrogens with one attached hydrogen (secondary N) is 3. The molecule has 0 saturated carbocycles. The molecule has 0 heterocycles. The van der Waals surface area contributed by atoms with Gasteiger partial charge in [0.05, 0.1) is 6.61 Å². The van der Waals surface area contributed by atoms with Gasteiger partial charge in [0.1, 0.15) is 5.60 Å². The maximum Gasteiger partial charge on any atom is 0.407 e. The van der Waals surface area contributed by atoms with Crippen LogP contribution in [0.25, 0.3) is 0 Å². The molecule has 0 unspecified atom stereocenters. The van der Waals surface area contributed by atoms with Crippen molar-refractivity contribution in [3.63, 3.8) is 0 Å². The minimum Gasteiger partial charge on any atom is -0.444 e. The lowest BCUT2D eigenvalue weighted by Gasteiger charge is -2.19. The Hall–Kier alpha value is -2.28. The van der Waals surface area contributed by atoms with E-state index in [0.717, 1.165) is 44.9 Å². The molecule has 1 aromatic rings. The molecule has 0 atom stereocenters. The fourth-order valence-corrected chi connectivity index (χ4v) is 2.42. The number of carbonyl (C=O) groups is 1. The number of ether oxygens (including phenoxy) is 2. The minimum absolute atomic E-state index is 0.388. The first-order valence-electron chi connectivity index (χ1n) is 10.5. The van der Waals surface area contributed by atoms with Crippen molar-refractivity contribution in [1.29, 1.82) is 0 Å². The number of guanidine groups is 1. The molecule has 0 fully saturated rings. The molecule has 7 heteroatoms. The largest absolute Gasteiger partial charge is 0.444 e. The monoisotopic (exact) mass is 406 g/mol. The predicted molar refractivity (Wildman–Crippen MR) is 118 cm³/mol. The molecule has 0 aliphatic heterocycles. The number of alkyl carbamates (subject to hydrolysis) is 1. The fourth-order valence-electron chi connectivity index (χ4n) is 2.42. The molecule has 164 valence electrons. The van der Waals surface area contributed by atoms with E-state index in [1.165, 1.54) is 5.56 Å². The van der Waals surface area contributed by atoms with Crippen LogP contribution in [-0.2, 0) is 16.1 Å². The van der Waals surface area contributed by atoms with Crippen molar-refractivity contribution in [3.05, 3.63) is 35.9 Å². The van der Waals surface area contributed by atoms with Gasteiger partial charge in [-0.25, -0.2) is 4.79 Å². The molecule has 0 spiro atoms. The zero-order valence-corrected chi connectivity index (χ0v) is 18.4. The lowest BCUT2D eigenvalue weighted by molar-refractivity contribution is 0.0527. The van der Waals surface area contributed by atoms with Gasteiger partial charge in [-0.05, 0) is 52.5 Å². The van der Waals surface area contributed by atoms with Crippen molar-refractivity contribution in [2.24, 2.45) is 4.99 Å². The van der Waals surface area contributed by atoms with Crippen LogP contribution in [-0.4, -0.2) is 50.4 Å². The van der Waals surface area contributed by atoms with E-state index in [1.807, 2.05) is 45.9 Å². The van der Waals surface area contributed by atoms with Gasteiger partial charge in [0.25, 0.3) is 0 Å². The Kier molecular flexibility index (Phi) is 12.5. The average molecular weight is 407 g/mol. The van der Waals surface area contributed by atoms with Gasteiger partial charge in [-0.2, -0.15) is 0 Å². The molecule has 7 nitrogen and oxygen atoms in total. The first-order chi connectivity index (χ1) is 13.9. The minimum atomic E-state index is -0.475. The summed E-state index contributed by atoms with van der Waals surface area (Å²) in [6, 6.07) is 10.2. The van der Waals surface area contributed by atoms with Gasteiger partial charge in [0.15, 0.2) is 5.96 Å². The normalized spacial score (nSPS) is 11.8. The Morgan fingerprint density at radius 1 is 1.00 bits per heavy atom. The molecule has 0 saturated heterocycles. The average Bonchev–Trinajstić information content (AvgIpc) is 2.66. The molecule has 1 rings (SSSR count). The van der Waals surface area contributed by atoms with Crippen LogP contribution >= 0.6 is 0 Å². The molecule has 0 aromatic heterocycles. The van der Waals surface area contributed by atoms with Crippen molar-refractivity contribution in [2.75, 3.05) is 32.8 Å². The maximum absolute atomic E-state index is 11.6. The Balaban J connectivity index is 2.10. The van der Waals surface area contributed by atoms with Crippen molar-refractivity contribution in [3.8, 4) is 0 Å². The van der Waals surface area contributed by atoms with Gasteiger partial charge < -0.3 is 25.4 Å². The van der Waals surface area contributed by atoms with Crippen molar-refractivity contribution < 1.29 is 14.3 Å². The highest BCUT2D eigenvalue weighted by Crippen LogP contribution is 2.06. The summed E-state index contributed by atoms with van der Waals surface area (Å²) in [6.07, 6.45) is 2.38. The third kappa shape index (κ3) is 14.4. The van der Waals surface area contributed by atoms with E-state index in [1.54, 1.807) is 0 Å². The lowest BCUT2D eigenvalue weighted by Crippen LogP contribution is -2.38. The number of benzene rings is 1. The van der Waals surface area contributed by atoms with E-state index >= 15 is 0 Å². The summed E-state index contributed by atoms with van der Waals surface area (Å²) in [6.45, 7) is 11.8. The number of nitrogens with zero attached hydrogens (tertiary/aromatic N) is 1. The first kappa shape index (κ1) is 24.8. The highest BCUT2D eigenvalue weighted by molar-refractivity contribution is 5.79. The Morgan fingerprint density at radius 3 is 2.41 bits per heavy atom. The summed E-state index contributed by atoms with van der Waals surface area (Å²) < 4.78 is 10.9. The van der Waals surface area contributed by atoms with Gasteiger partial charge in [0, 0.05) is 32.8 Å². The summed E-state index contributed by atoms with van der Waals surface area (Å²) in [5, 5.41) is 9.31. The van der Waals surface area contributed by atoms with E-state index < -0.39 is 5.60 Å². The van der Waals surface area contributed by atoms with E-state index in [4.69, 9.17) is 9.47 Å². The van der Waals surface area contributed by atoms with E-state index in [0.29, 0.717) is 19.7 Å². The standard InChI is InChI=1S/C22H38N4O3/c1-5-23-20(25-15-11-16-26-21(27)29-22(2,3)4)24-14-9-10-17-28-18-19-12-7-6-8-13-19/h6-8,12-13H,5,9-11,14-18H2,1-4H3,(H,26,27)(H2,23,24,25). The summed E-state index contributed by atoms with van der Waals surface area (Å²) in [5.74, 6) is 0.801. The molecule has 1 amide bonds. The van der Waals surface area contributed by atoms with Crippen LogP contribution in [0.2, 0.25) is 0 Å². The first-order valence-corrected chi connectivity index (χ1v) is 10.5. The van der Waals surface area contributed by atoms with Crippen LogP contribution in [0.1, 0.15) is 52.5 Å². The van der Waals surface area contributed by atoms with Gasteiger partial charge in [-0.3, -0.25) is 4.99 Å². The van der Waals surface area contributed by atoms with Gasteiger partial charge in [0.2, 0.25) is 0 Å². The second-order valence-corrected chi connectivity index (χ2v) is 7.71. The molecule has 0 bridgehead atoms. The third-order valence-corrected chi connectivity index (χ3v) is 3.74. The second kappa shape index (κ2) is 14.7. The number of hydrogen-bond donors (Lipinski definition) is 3. The number of rotatable bonds is 12. The van der Waals surface area contributed by atoms with Crippen molar-refractivity contribution in [2.45, 2.75) is 59.2 Å². The number of unbranched alkanes of at least 4 members (excludes halogenated alkanes) is 1. The SMILES string of the molecule is CCNC(=NCCCNC(=O)OC(C)(C)C)NCCCCOCc1ccccc1. The van der Waals surface area contributed by atoms with Crippen LogP contribution in [0.5, 0.6) is 0 Å². The Bertz CT molecular complexity index is 585. The van der Waals surface area contributed by atoms with Crippen molar-refractivity contribution >= 4 is 12.1 Å². The van der Waals surface area contributed by atoms with Crippen LogP contribution in [0.15, 0.2) is 35.3 Å². The van der Waals surface area contributed by atoms with E-state index in [-0.39, 0.29) is 6.09 Å². The topological polar surface area (TPSA) is 84.0 Å². The molecule has 0 radical (unpaired) electrons. The van der Waals surface area contributed by atoms with Gasteiger partial charge in [-0.1, -0.05) is 30.3 Å². The summed E-state index contributed by atoms with van der Waals surface area (Å²) in [5.41, 5.74) is 0.727. The fraction of sp³-hybridized carbons (Fsp3) is 0.636. The highest BCUT2D eigenvalue weighted by atomic mass is 16.6. The number of hydrogen-bond acceptors (Lipinski definition) is 4. The molecular weight excluding hydrogens is 368 g/mol. The second-order valence-electron chi connectivity index (χ2n) is 7.71. The Labute approximate surface area is 175 Å². The lowest BCUT2D eigenvalue weighted by atomic mass is 10.2. The summed E-state index contributed by atoms with van der Waals surface area (Å²) in [4.78, 5) is 16.1. The van der Waals surface area contributed by atoms with Gasteiger partial charge in [-0.15, -0.1) is 0 Å².